The second-order valence-corrected chi connectivity index (χ2v) is 12.0. The molecule has 3 aromatic heterocycles. The summed E-state index contributed by atoms with van der Waals surface area (Å²) in [6.45, 7) is 6.50. The van der Waals surface area contributed by atoms with Crippen molar-refractivity contribution in [1.82, 2.24) is 29.4 Å². The van der Waals surface area contributed by atoms with Crippen LogP contribution in [0.1, 0.15) is 56.4 Å². The van der Waals surface area contributed by atoms with Gasteiger partial charge in [0.2, 0.25) is 0 Å². The SMILES string of the molecule is CO[C@H]1CCC1NC(=O)c1cnn2c(N(C)C(=O)OC(C)(C)C)cc(Nc3cccn([C@H]4CCN(CCF)C4)c3=O)nc12. The molecule has 4 heterocycles. The number of halogens is 1. The largest absolute Gasteiger partial charge is 0.443 e. The van der Waals surface area contributed by atoms with Crippen LogP contribution in [0.3, 0.4) is 0 Å². The van der Waals surface area contributed by atoms with Crippen molar-refractivity contribution in [2.45, 2.75) is 63.8 Å². The molecule has 0 bridgehead atoms. The Morgan fingerprint density at radius 1 is 1.23 bits per heavy atom. The number of ether oxygens (including phenoxy) is 2. The van der Waals surface area contributed by atoms with Crippen LogP contribution in [0, 0.1) is 0 Å². The van der Waals surface area contributed by atoms with Gasteiger partial charge < -0.3 is 24.7 Å². The van der Waals surface area contributed by atoms with E-state index < -0.39 is 18.4 Å². The van der Waals surface area contributed by atoms with Gasteiger partial charge in [0.1, 0.15) is 35.2 Å². The number of nitrogens with zero attached hydrogens (tertiary/aromatic N) is 6. The van der Waals surface area contributed by atoms with Crippen molar-refractivity contribution in [1.29, 1.82) is 0 Å². The maximum atomic E-state index is 13.5. The summed E-state index contributed by atoms with van der Waals surface area (Å²) < 4.78 is 26.9. The van der Waals surface area contributed by atoms with E-state index >= 15 is 0 Å². The number of methoxy groups -OCH3 is 1. The number of hydrogen-bond donors (Lipinski definition) is 2. The Hall–Kier alpha value is -4.04. The summed E-state index contributed by atoms with van der Waals surface area (Å²) in [5.41, 5.74) is -0.356. The second-order valence-electron chi connectivity index (χ2n) is 12.0. The van der Waals surface area contributed by atoms with Gasteiger partial charge in [-0.1, -0.05) is 0 Å². The number of likely N-dealkylation sites (tertiary alicyclic amines) is 1. The molecule has 1 saturated carbocycles. The van der Waals surface area contributed by atoms with Crippen LogP contribution < -0.4 is 21.1 Å². The minimum atomic E-state index is -0.746. The number of fused-ring (bicyclic) bond motifs is 1. The minimum absolute atomic E-state index is 0.0611. The Labute approximate surface area is 248 Å². The maximum Gasteiger partial charge on any atom is 0.415 e. The molecule has 0 aromatic carbocycles. The Kier molecular flexibility index (Phi) is 8.69. The summed E-state index contributed by atoms with van der Waals surface area (Å²) in [6, 6.07) is 4.75. The zero-order valence-electron chi connectivity index (χ0n) is 25.2. The maximum absolute atomic E-state index is 13.5. The number of carbonyl (C=O) groups excluding carboxylic acids is 2. The van der Waals surface area contributed by atoms with Crippen molar-refractivity contribution in [3.05, 3.63) is 46.5 Å². The van der Waals surface area contributed by atoms with Crippen LogP contribution in [-0.2, 0) is 9.47 Å². The molecule has 2 fully saturated rings. The van der Waals surface area contributed by atoms with Gasteiger partial charge >= 0.3 is 6.09 Å². The predicted molar refractivity (Wildman–Crippen MR) is 159 cm³/mol. The number of pyridine rings is 1. The molecule has 3 atom stereocenters. The number of rotatable bonds is 9. The molecule has 1 unspecified atom stereocenters. The molecular weight excluding hydrogens is 559 g/mol. The first-order valence-electron chi connectivity index (χ1n) is 14.4. The molecule has 0 radical (unpaired) electrons. The van der Waals surface area contributed by atoms with Crippen LogP contribution in [0.2, 0.25) is 0 Å². The van der Waals surface area contributed by atoms with Gasteiger partial charge in [0.15, 0.2) is 5.65 Å². The fourth-order valence-corrected chi connectivity index (χ4v) is 5.39. The zero-order valence-corrected chi connectivity index (χ0v) is 25.2. The molecular formula is C29H39FN8O5. The van der Waals surface area contributed by atoms with Crippen LogP contribution in [0.15, 0.2) is 35.4 Å². The topological polar surface area (TPSA) is 135 Å². The van der Waals surface area contributed by atoms with E-state index in [0.717, 1.165) is 25.8 Å². The molecule has 2 amide bonds. The highest BCUT2D eigenvalue weighted by atomic mass is 19.1. The monoisotopic (exact) mass is 598 g/mol. The standard InChI is InChI=1S/C29H39FN8O5/c1-29(2,3)43-28(41)35(4)24-15-23(32-21-7-6-12-37(27(21)40)18-10-13-36(17-18)14-11-30)34-25-19(16-31-38(24)25)26(39)33-20-8-9-22(20)42-5/h6-7,12,15-16,18,20,22H,8-11,13-14,17H2,1-5H3,(H,32,34)(H,33,39)/t18-,20?,22-/m0/s1. The first-order valence-corrected chi connectivity index (χ1v) is 14.4. The van der Waals surface area contributed by atoms with Gasteiger partial charge in [-0.15, -0.1) is 0 Å². The van der Waals surface area contributed by atoms with E-state index in [1.165, 1.54) is 22.7 Å². The van der Waals surface area contributed by atoms with Gasteiger partial charge in [0.05, 0.1) is 24.4 Å². The lowest BCUT2D eigenvalue weighted by molar-refractivity contribution is 0.00732. The number of aromatic nitrogens is 4. The van der Waals surface area contributed by atoms with Crippen LogP contribution in [0.4, 0.5) is 26.5 Å². The second kappa shape index (κ2) is 12.3. The summed E-state index contributed by atoms with van der Waals surface area (Å²) in [4.78, 5) is 47.8. The van der Waals surface area contributed by atoms with E-state index in [-0.39, 0.29) is 58.2 Å². The number of nitrogens with one attached hydrogen (secondary N) is 2. The van der Waals surface area contributed by atoms with Gasteiger partial charge in [-0.3, -0.25) is 19.4 Å². The van der Waals surface area contributed by atoms with Gasteiger partial charge in [-0.25, -0.2) is 14.2 Å². The number of amides is 2. The molecule has 2 N–H and O–H groups in total. The lowest BCUT2D eigenvalue weighted by Crippen LogP contribution is -2.51. The van der Waals surface area contributed by atoms with Crippen molar-refractivity contribution in [3.8, 4) is 0 Å². The number of anilines is 3. The van der Waals surface area contributed by atoms with E-state index in [1.807, 2.05) is 4.90 Å². The summed E-state index contributed by atoms with van der Waals surface area (Å²) >= 11 is 0. The molecule has 5 rings (SSSR count). The summed E-state index contributed by atoms with van der Waals surface area (Å²) in [5, 5.41) is 10.4. The Morgan fingerprint density at radius 3 is 2.70 bits per heavy atom. The van der Waals surface area contributed by atoms with Crippen molar-refractivity contribution in [2.24, 2.45) is 0 Å². The van der Waals surface area contributed by atoms with E-state index in [1.54, 1.807) is 56.8 Å². The fraction of sp³-hybridized carbons (Fsp3) is 0.552. The van der Waals surface area contributed by atoms with Gasteiger partial charge in [0, 0.05) is 46.1 Å². The van der Waals surface area contributed by atoms with Crippen molar-refractivity contribution in [3.63, 3.8) is 0 Å². The first-order chi connectivity index (χ1) is 20.5. The van der Waals surface area contributed by atoms with Crippen LogP contribution in [-0.4, -0.2) is 94.3 Å². The molecule has 3 aromatic rings. The molecule has 13 nitrogen and oxygen atoms in total. The normalized spacial score (nSPS) is 20.6. The van der Waals surface area contributed by atoms with Crippen molar-refractivity contribution in [2.75, 3.05) is 50.7 Å². The lowest BCUT2D eigenvalue weighted by Gasteiger charge is -2.35. The molecule has 2 aliphatic rings. The van der Waals surface area contributed by atoms with Crippen molar-refractivity contribution < 1.29 is 23.5 Å². The predicted octanol–water partition coefficient (Wildman–Crippen LogP) is 3.13. The molecule has 14 heteroatoms. The summed E-state index contributed by atoms with van der Waals surface area (Å²) in [7, 11) is 3.14. The third-order valence-corrected chi connectivity index (χ3v) is 7.82. The molecule has 0 spiro atoms. The summed E-state index contributed by atoms with van der Waals surface area (Å²) in [6.07, 6.45) is 4.81. The molecule has 1 aliphatic heterocycles. The minimum Gasteiger partial charge on any atom is -0.443 e. The average Bonchev–Trinajstić information content (AvgIpc) is 3.58. The van der Waals surface area contributed by atoms with E-state index in [9.17, 15) is 18.8 Å². The third kappa shape index (κ3) is 6.49. The fourth-order valence-electron chi connectivity index (χ4n) is 5.39. The summed E-state index contributed by atoms with van der Waals surface area (Å²) in [5.74, 6) is 0.123. The highest BCUT2D eigenvalue weighted by molar-refractivity contribution is 6.00. The Morgan fingerprint density at radius 2 is 2.02 bits per heavy atom. The Bertz CT molecular complexity index is 1550. The van der Waals surface area contributed by atoms with Gasteiger partial charge in [-0.05, 0) is 52.2 Å². The van der Waals surface area contributed by atoms with Gasteiger partial charge in [-0.2, -0.15) is 9.61 Å². The van der Waals surface area contributed by atoms with Crippen LogP contribution in [0.25, 0.3) is 5.65 Å². The Balaban J connectivity index is 1.50. The van der Waals surface area contributed by atoms with Crippen molar-refractivity contribution >= 4 is 35.0 Å². The molecule has 43 heavy (non-hydrogen) atoms. The quantitative estimate of drug-likeness (QED) is 0.381. The lowest BCUT2D eigenvalue weighted by atomic mass is 9.89. The molecule has 1 aliphatic carbocycles. The zero-order chi connectivity index (χ0) is 30.9. The smallest absolute Gasteiger partial charge is 0.415 e. The van der Waals surface area contributed by atoms with Crippen LogP contribution in [0.5, 0.6) is 0 Å². The first kappa shape index (κ1) is 30.4. The molecule has 232 valence electrons. The van der Waals surface area contributed by atoms with Gasteiger partial charge in [0.25, 0.3) is 11.5 Å². The van der Waals surface area contributed by atoms with E-state index in [0.29, 0.717) is 13.1 Å². The highest BCUT2D eigenvalue weighted by Crippen LogP contribution is 2.27. The van der Waals surface area contributed by atoms with E-state index in [4.69, 9.17) is 9.47 Å². The number of alkyl halides is 1. The number of hydrogen-bond acceptors (Lipinski definition) is 9. The van der Waals surface area contributed by atoms with Crippen LogP contribution >= 0.6 is 0 Å². The number of carbonyl (C=O) groups is 2. The highest BCUT2D eigenvalue weighted by Gasteiger charge is 2.33. The molecule has 1 saturated heterocycles. The average molecular weight is 599 g/mol. The van der Waals surface area contributed by atoms with E-state index in [2.05, 4.69) is 20.7 Å². The third-order valence-electron chi connectivity index (χ3n) is 7.82.